The minimum absolute atomic E-state index is 0.0838. The molecule has 0 saturated carbocycles. The molecule has 0 aliphatic carbocycles. The first-order valence-corrected chi connectivity index (χ1v) is 8.73. The van der Waals surface area contributed by atoms with E-state index >= 15 is 0 Å². The topological polar surface area (TPSA) is 63.9 Å². The largest absolute Gasteiger partial charge is 0.390 e. The van der Waals surface area contributed by atoms with E-state index in [1.807, 2.05) is 38.8 Å². The van der Waals surface area contributed by atoms with Crippen LogP contribution in [0.25, 0.3) is 0 Å². The summed E-state index contributed by atoms with van der Waals surface area (Å²) in [4.78, 5) is 1.97. The van der Waals surface area contributed by atoms with E-state index in [1.165, 1.54) is 5.57 Å². The molecule has 0 fully saturated rings. The third kappa shape index (κ3) is 9.92. The lowest BCUT2D eigenvalue weighted by Crippen LogP contribution is -2.45. The summed E-state index contributed by atoms with van der Waals surface area (Å²) in [6, 6.07) is 0. The highest BCUT2D eigenvalue weighted by Crippen LogP contribution is 2.12. The van der Waals surface area contributed by atoms with Gasteiger partial charge in [0.1, 0.15) is 6.10 Å². The minimum atomic E-state index is -1.12. The van der Waals surface area contributed by atoms with Gasteiger partial charge in [0.2, 0.25) is 0 Å². The average molecular weight is 328 g/mol. The highest BCUT2D eigenvalue weighted by atomic mass is 16.4. The molecule has 3 atom stereocenters. The van der Waals surface area contributed by atoms with Crippen molar-refractivity contribution in [1.29, 1.82) is 0 Å². The van der Waals surface area contributed by atoms with E-state index in [0.29, 0.717) is 19.0 Å². The lowest BCUT2D eigenvalue weighted by Gasteiger charge is -2.28. The lowest BCUT2D eigenvalue weighted by atomic mass is 9.97. The molecule has 0 saturated heterocycles. The third-order valence-electron chi connectivity index (χ3n) is 3.91. The standard InChI is InChI=1S/C19H37NO3/c1-7-9-16(11-8-10-14(2)3)12-20(6)13-17(21)19(23)18(22)15(4)5/h7,9,11,14-15,17-19,21-23H,8,10,12-13H2,1-6H3/b9-7-,16-11+. The van der Waals surface area contributed by atoms with Crippen molar-refractivity contribution in [3.8, 4) is 0 Å². The van der Waals surface area contributed by atoms with Crippen LogP contribution in [0.5, 0.6) is 0 Å². The minimum Gasteiger partial charge on any atom is -0.390 e. The Balaban J connectivity index is 4.54. The van der Waals surface area contributed by atoms with Crippen molar-refractivity contribution in [2.45, 2.75) is 65.8 Å². The molecule has 23 heavy (non-hydrogen) atoms. The highest BCUT2D eigenvalue weighted by Gasteiger charge is 2.27. The molecule has 0 aliphatic heterocycles. The van der Waals surface area contributed by atoms with Gasteiger partial charge in [-0.2, -0.15) is 0 Å². The molecule has 0 aromatic rings. The van der Waals surface area contributed by atoms with Gasteiger partial charge >= 0.3 is 0 Å². The summed E-state index contributed by atoms with van der Waals surface area (Å²) in [5, 5.41) is 30.0. The zero-order valence-corrected chi connectivity index (χ0v) is 15.7. The van der Waals surface area contributed by atoms with Crippen LogP contribution < -0.4 is 0 Å². The second-order valence-corrected chi connectivity index (χ2v) is 7.24. The molecule has 0 bridgehead atoms. The fraction of sp³-hybridized carbons (Fsp3) is 0.789. The predicted molar refractivity (Wildman–Crippen MR) is 97.3 cm³/mol. The average Bonchev–Trinajstić information content (AvgIpc) is 2.44. The molecule has 4 heteroatoms. The van der Waals surface area contributed by atoms with Crippen LogP contribution in [0.4, 0.5) is 0 Å². The Morgan fingerprint density at radius 3 is 2.13 bits per heavy atom. The number of aliphatic hydroxyl groups excluding tert-OH is 3. The van der Waals surface area contributed by atoms with Crippen molar-refractivity contribution in [2.75, 3.05) is 20.1 Å². The van der Waals surface area contributed by atoms with Crippen molar-refractivity contribution in [2.24, 2.45) is 11.8 Å². The van der Waals surface area contributed by atoms with Crippen LogP contribution in [0.1, 0.15) is 47.5 Å². The fourth-order valence-electron chi connectivity index (χ4n) is 2.43. The lowest BCUT2D eigenvalue weighted by molar-refractivity contribution is -0.0816. The van der Waals surface area contributed by atoms with E-state index in [4.69, 9.17) is 0 Å². The van der Waals surface area contributed by atoms with Gasteiger partial charge in [-0.15, -0.1) is 0 Å². The molecule has 0 radical (unpaired) electrons. The number of nitrogens with zero attached hydrogens (tertiary/aromatic N) is 1. The van der Waals surface area contributed by atoms with Gasteiger partial charge in [0.25, 0.3) is 0 Å². The Kier molecular flexibility index (Phi) is 11.4. The van der Waals surface area contributed by atoms with Gasteiger partial charge in [-0.05, 0) is 44.2 Å². The zero-order valence-electron chi connectivity index (χ0n) is 15.7. The Morgan fingerprint density at radius 2 is 1.65 bits per heavy atom. The third-order valence-corrected chi connectivity index (χ3v) is 3.91. The maximum atomic E-state index is 10.1. The van der Waals surface area contributed by atoms with E-state index in [1.54, 1.807) is 0 Å². The van der Waals surface area contributed by atoms with E-state index in [-0.39, 0.29) is 5.92 Å². The Labute approximate surface area is 142 Å². The van der Waals surface area contributed by atoms with Crippen molar-refractivity contribution < 1.29 is 15.3 Å². The van der Waals surface area contributed by atoms with Crippen molar-refractivity contribution in [3.05, 3.63) is 23.8 Å². The maximum Gasteiger partial charge on any atom is 0.107 e. The van der Waals surface area contributed by atoms with E-state index in [2.05, 4.69) is 26.0 Å². The first kappa shape index (κ1) is 22.3. The van der Waals surface area contributed by atoms with Crippen molar-refractivity contribution in [3.63, 3.8) is 0 Å². The van der Waals surface area contributed by atoms with Crippen LogP contribution >= 0.6 is 0 Å². The summed E-state index contributed by atoms with van der Waals surface area (Å²) < 4.78 is 0. The van der Waals surface area contributed by atoms with E-state index in [0.717, 1.165) is 12.8 Å². The molecule has 0 rings (SSSR count). The molecule has 3 unspecified atom stereocenters. The Bertz CT molecular complexity index is 364. The summed E-state index contributed by atoms with van der Waals surface area (Å²) in [6.45, 7) is 11.1. The Morgan fingerprint density at radius 1 is 1.04 bits per heavy atom. The first-order valence-electron chi connectivity index (χ1n) is 8.73. The number of allylic oxidation sites excluding steroid dienone is 2. The van der Waals surface area contributed by atoms with Gasteiger partial charge in [0.05, 0.1) is 12.2 Å². The number of rotatable bonds is 11. The summed E-state index contributed by atoms with van der Waals surface area (Å²) in [6.07, 6.45) is 5.56. The monoisotopic (exact) mass is 327 g/mol. The molecule has 0 aromatic heterocycles. The predicted octanol–water partition coefficient (Wildman–Crippen LogP) is 2.60. The molecule has 0 aromatic carbocycles. The molecule has 4 nitrogen and oxygen atoms in total. The molecular weight excluding hydrogens is 290 g/mol. The number of hydrogen-bond donors (Lipinski definition) is 3. The number of hydrogen-bond acceptors (Lipinski definition) is 4. The molecule has 136 valence electrons. The van der Waals surface area contributed by atoms with Gasteiger partial charge in [-0.25, -0.2) is 0 Å². The Hall–Kier alpha value is -0.680. The number of aliphatic hydroxyl groups is 3. The van der Waals surface area contributed by atoms with Crippen LogP contribution in [-0.4, -0.2) is 58.7 Å². The molecular formula is C19H37NO3. The van der Waals surface area contributed by atoms with E-state index in [9.17, 15) is 15.3 Å². The van der Waals surface area contributed by atoms with Crippen LogP contribution in [-0.2, 0) is 0 Å². The normalized spacial score (nSPS) is 17.5. The molecule has 0 spiro atoms. The summed E-state index contributed by atoms with van der Waals surface area (Å²) in [7, 11) is 1.91. The van der Waals surface area contributed by atoms with Gasteiger partial charge in [0.15, 0.2) is 0 Å². The fourth-order valence-corrected chi connectivity index (χ4v) is 2.43. The van der Waals surface area contributed by atoms with Crippen LogP contribution in [0, 0.1) is 11.8 Å². The number of likely N-dealkylation sites (N-methyl/N-ethyl adjacent to an activating group) is 1. The van der Waals surface area contributed by atoms with Gasteiger partial charge in [-0.1, -0.05) is 45.9 Å². The smallest absolute Gasteiger partial charge is 0.107 e. The van der Waals surface area contributed by atoms with Crippen LogP contribution in [0.15, 0.2) is 23.8 Å². The van der Waals surface area contributed by atoms with E-state index < -0.39 is 18.3 Å². The first-order chi connectivity index (χ1) is 10.7. The van der Waals surface area contributed by atoms with Crippen LogP contribution in [0.2, 0.25) is 0 Å². The van der Waals surface area contributed by atoms with Gasteiger partial charge in [-0.3, -0.25) is 4.90 Å². The zero-order chi connectivity index (χ0) is 18.0. The SMILES string of the molecule is C/C=C\C(=C/CCC(C)C)CN(C)CC(O)C(O)C(O)C(C)C. The quantitative estimate of drug-likeness (QED) is 0.510. The maximum absolute atomic E-state index is 10.1. The molecule has 0 heterocycles. The van der Waals surface area contributed by atoms with Crippen LogP contribution in [0.3, 0.4) is 0 Å². The van der Waals surface area contributed by atoms with Crippen molar-refractivity contribution in [1.82, 2.24) is 4.90 Å². The second-order valence-electron chi connectivity index (χ2n) is 7.24. The highest BCUT2D eigenvalue weighted by molar-refractivity contribution is 5.19. The summed E-state index contributed by atoms with van der Waals surface area (Å²) in [5.41, 5.74) is 1.21. The van der Waals surface area contributed by atoms with Gasteiger partial charge in [0, 0.05) is 13.1 Å². The van der Waals surface area contributed by atoms with Crippen molar-refractivity contribution >= 4 is 0 Å². The molecule has 0 amide bonds. The molecule has 0 aliphatic rings. The summed E-state index contributed by atoms with van der Waals surface area (Å²) >= 11 is 0. The van der Waals surface area contributed by atoms with Gasteiger partial charge < -0.3 is 15.3 Å². The summed E-state index contributed by atoms with van der Waals surface area (Å²) in [5.74, 6) is 0.602. The second kappa shape index (κ2) is 11.8. The molecule has 3 N–H and O–H groups in total.